The van der Waals surface area contributed by atoms with Gasteiger partial charge in [0, 0.05) is 12.3 Å². The largest absolute Gasteiger partial charge is 0.504 e. The molecule has 0 bridgehead atoms. The summed E-state index contributed by atoms with van der Waals surface area (Å²) in [7, 11) is 0. The van der Waals surface area contributed by atoms with Crippen LogP contribution in [0, 0.1) is 0 Å². The number of nitrogens with one attached hydrogen (secondary N) is 1. The first-order valence-electron chi connectivity index (χ1n) is 6.82. The van der Waals surface area contributed by atoms with E-state index in [0.29, 0.717) is 5.56 Å². The summed E-state index contributed by atoms with van der Waals surface area (Å²) in [6.07, 6.45) is 8.43. The molecule has 7 nitrogen and oxygen atoms in total. The molecular formula is C17H14N2O5. The Hall–Kier alpha value is -3.61. The summed E-state index contributed by atoms with van der Waals surface area (Å²) in [6, 6.07) is 5.60. The van der Waals surface area contributed by atoms with Crippen LogP contribution in [0.3, 0.4) is 0 Å². The van der Waals surface area contributed by atoms with E-state index in [1.165, 1.54) is 42.7 Å². The van der Waals surface area contributed by atoms with Gasteiger partial charge in [-0.05, 0) is 23.8 Å². The molecule has 122 valence electrons. The van der Waals surface area contributed by atoms with E-state index in [2.05, 4.69) is 10.3 Å². The summed E-state index contributed by atoms with van der Waals surface area (Å²) in [6.45, 7) is 0. The molecule has 0 saturated heterocycles. The number of carboxylic acid groups (broad SMARTS) is 1. The zero-order valence-electron chi connectivity index (χ0n) is 12.4. The average molecular weight is 326 g/mol. The Labute approximate surface area is 137 Å². The Kier molecular flexibility index (Phi) is 5.30. The minimum absolute atomic E-state index is 0.0538. The van der Waals surface area contributed by atoms with E-state index in [4.69, 9.17) is 5.11 Å². The summed E-state index contributed by atoms with van der Waals surface area (Å²) in [5.41, 5.74) is 0.685. The van der Waals surface area contributed by atoms with Crippen molar-refractivity contribution in [2.45, 2.75) is 0 Å². The van der Waals surface area contributed by atoms with Crippen LogP contribution in [0.2, 0.25) is 0 Å². The van der Waals surface area contributed by atoms with E-state index in [-0.39, 0.29) is 22.7 Å². The van der Waals surface area contributed by atoms with Crippen molar-refractivity contribution in [3.05, 3.63) is 66.0 Å². The van der Waals surface area contributed by atoms with Crippen molar-refractivity contribution < 1.29 is 24.9 Å². The van der Waals surface area contributed by atoms with Crippen LogP contribution in [0.25, 0.3) is 6.08 Å². The number of anilines is 1. The molecule has 0 fully saturated rings. The lowest BCUT2D eigenvalue weighted by atomic mass is 10.2. The maximum absolute atomic E-state index is 11.8. The highest BCUT2D eigenvalue weighted by Gasteiger charge is 2.10. The summed E-state index contributed by atoms with van der Waals surface area (Å²) in [5, 5.41) is 30.0. The molecule has 2 aromatic rings. The molecule has 0 aliphatic carbocycles. The van der Waals surface area contributed by atoms with Crippen LogP contribution in [0.15, 0.2) is 54.9 Å². The number of carboxylic acids is 1. The standard InChI is InChI=1S/C17H14N2O5/c20-14-6-5-11(9-15(14)21)3-1-2-4-16(22)19-13-10-18-8-7-12(13)17(23)24/h1-10,20-21H,(H,19,22)(H,23,24)/b3-1+,4-2+. The van der Waals surface area contributed by atoms with Crippen LogP contribution in [0.5, 0.6) is 11.5 Å². The Bertz CT molecular complexity index is 827. The zero-order chi connectivity index (χ0) is 17.5. The molecular weight excluding hydrogens is 312 g/mol. The van der Waals surface area contributed by atoms with Gasteiger partial charge in [-0.2, -0.15) is 0 Å². The van der Waals surface area contributed by atoms with Crippen LogP contribution in [-0.2, 0) is 4.79 Å². The highest BCUT2D eigenvalue weighted by Crippen LogP contribution is 2.25. The van der Waals surface area contributed by atoms with Crippen LogP contribution in [-0.4, -0.2) is 32.2 Å². The predicted molar refractivity (Wildman–Crippen MR) is 87.8 cm³/mol. The first-order valence-corrected chi connectivity index (χ1v) is 6.82. The van der Waals surface area contributed by atoms with Gasteiger partial charge in [-0.25, -0.2) is 4.79 Å². The number of aromatic nitrogens is 1. The number of amides is 1. The number of phenolic OH excluding ortho intramolecular Hbond substituents is 2. The fourth-order valence-corrected chi connectivity index (χ4v) is 1.81. The van der Waals surface area contributed by atoms with Crippen molar-refractivity contribution >= 4 is 23.6 Å². The van der Waals surface area contributed by atoms with Gasteiger partial charge < -0.3 is 20.6 Å². The normalized spacial score (nSPS) is 11.0. The Balaban J connectivity index is 1.99. The van der Waals surface area contributed by atoms with Gasteiger partial charge in [-0.3, -0.25) is 9.78 Å². The van der Waals surface area contributed by atoms with Gasteiger partial charge in [0.25, 0.3) is 0 Å². The molecule has 0 unspecified atom stereocenters. The van der Waals surface area contributed by atoms with E-state index >= 15 is 0 Å². The summed E-state index contributed by atoms with van der Waals surface area (Å²) >= 11 is 0. The lowest BCUT2D eigenvalue weighted by molar-refractivity contribution is -0.111. The van der Waals surface area contributed by atoms with Crippen LogP contribution < -0.4 is 5.32 Å². The Morgan fingerprint density at radius 1 is 1.08 bits per heavy atom. The zero-order valence-corrected chi connectivity index (χ0v) is 12.4. The fraction of sp³-hybridized carbons (Fsp3) is 0. The summed E-state index contributed by atoms with van der Waals surface area (Å²) < 4.78 is 0. The SMILES string of the molecule is O=C(/C=C/C=C/c1ccc(O)c(O)c1)Nc1cnccc1C(=O)O. The molecule has 0 radical (unpaired) electrons. The molecule has 0 aliphatic rings. The number of pyridine rings is 1. The van der Waals surface area contributed by atoms with Gasteiger partial charge >= 0.3 is 5.97 Å². The van der Waals surface area contributed by atoms with Crippen molar-refractivity contribution in [1.82, 2.24) is 4.98 Å². The van der Waals surface area contributed by atoms with Gasteiger partial charge in [0.05, 0.1) is 17.4 Å². The van der Waals surface area contributed by atoms with Crippen molar-refractivity contribution in [2.75, 3.05) is 5.32 Å². The van der Waals surface area contributed by atoms with Crippen LogP contribution in [0.1, 0.15) is 15.9 Å². The highest BCUT2D eigenvalue weighted by molar-refractivity contribution is 6.04. The third-order valence-corrected chi connectivity index (χ3v) is 2.96. The third kappa shape index (κ3) is 4.44. The number of hydrogen-bond donors (Lipinski definition) is 4. The fourth-order valence-electron chi connectivity index (χ4n) is 1.81. The van der Waals surface area contributed by atoms with Crippen LogP contribution >= 0.6 is 0 Å². The van der Waals surface area contributed by atoms with E-state index < -0.39 is 11.9 Å². The number of benzene rings is 1. The van der Waals surface area contributed by atoms with Crippen molar-refractivity contribution in [3.63, 3.8) is 0 Å². The molecule has 24 heavy (non-hydrogen) atoms. The molecule has 2 rings (SSSR count). The number of phenols is 2. The number of aromatic hydroxyl groups is 2. The minimum atomic E-state index is -1.16. The molecule has 0 saturated carbocycles. The second-order valence-corrected chi connectivity index (χ2v) is 4.68. The summed E-state index contributed by atoms with van der Waals surface area (Å²) in [5.74, 6) is -2.13. The third-order valence-electron chi connectivity index (χ3n) is 2.96. The topological polar surface area (TPSA) is 120 Å². The van der Waals surface area contributed by atoms with E-state index in [1.807, 2.05) is 0 Å². The maximum Gasteiger partial charge on any atom is 0.337 e. The molecule has 0 spiro atoms. The summed E-state index contributed by atoms with van der Waals surface area (Å²) in [4.78, 5) is 26.6. The highest BCUT2D eigenvalue weighted by atomic mass is 16.4. The van der Waals surface area contributed by atoms with E-state index in [9.17, 15) is 19.8 Å². The number of carbonyl (C=O) groups is 2. The quantitative estimate of drug-likeness (QED) is 0.380. The second-order valence-electron chi connectivity index (χ2n) is 4.68. The Morgan fingerprint density at radius 2 is 1.88 bits per heavy atom. The van der Waals surface area contributed by atoms with Gasteiger partial charge in [-0.15, -0.1) is 0 Å². The van der Waals surface area contributed by atoms with Crippen molar-refractivity contribution in [1.29, 1.82) is 0 Å². The number of hydrogen-bond acceptors (Lipinski definition) is 5. The smallest absolute Gasteiger partial charge is 0.337 e. The molecule has 0 atom stereocenters. The molecule has 4 N–H and O–H groups in total. The molecule has 7 heteroatoms. The lowest BCUT2D eigenvalue weighted by Gasteiger charge is -2.04. The van der Waals surface area contributed by atoms with E-state index in [1.54, 1.807) is 18.2 Å². The molecule has 1 heterocycles. The lowest BCUT2D eigenvalue weighted by Crippen LogP contribution is -2.12. The molecule has 0 aliphatic heterocycles. The van der Waals surface area contributed by atoms with Gasteiger partial charge in [0.2, 0.25) is 5.91 Å². The number of rotatable bonds is 5. The van der Waals surface area contributed by atoms with Crippen molar-refractivity contribution in [3.8, 4) is 11.5 Å². The number of allylic oxidation sites excluding steroid dienone is 2. The van der Waals surface area contributed by atoms with E-state index in [0.717, 1.165) is 0 Å². The predicted octanol–water partition coefficient (Wildman–Crippen LogP) is 2.40. The number of nitrogens with zero attached hydrogens (tertiary/aromatic N) is 1. The second kappa shape index (κ2) is 7.59. The first kappa shape index (κ1) is 16.8. The van der Waals surface area contributed by atoms with Crippen molar-refractivity contribution in [2.24, 2.45) is 0 Å². The molecule has 1 aromatic carbocycles. The molecule has 1 amide bonds. The molecule has 1 aromatic heterocycles. The Morgan fingerprint density at radius 3 is 2.58 bits per heavy atom. The first-order chi connectivity index (χ1) is 11.5. The van der Waals surface area contributed by atoms with Crippen LogP contribution in [0.4, 0.5) is 5.69 Å². The number of carbonyl (C=O) groups excluding carboxylic acids is 1. The minimum Gasteiger partial charge on any atom is -0.504 e. The van der Waals surface area contributed by atoms with Gasteiger partial charge in [-0.1, -0.05) is 24.3 Å². The average Bonchev–Trinajstić information content (AvgIpc) is 2.55. The number of aromatic carboxylic acids is 1. The van der Waals surface area contributed by atoms with Gasteiger partial charge in [0.1, 0.15) is 0 Å². The monoisotopic (exact) mass is 326 g/mol. The van der Waals surface area contributed by atoms with Gasteiger partial charge in [0.15, 0.2) is 11.5 Å². The maximum atomic E-state index is 11.8.